The predicted octanol–water partition coefficient (Wildman–Crippen LogP) is 5.96. The van der Waals surface area contributed by atoms with Crippen molar-refractivity contribution in [2.75, 3.05) is 5.32 Å². The van der Waals surface area contributed by atoms with Gasteiger partial charge in [0.05, 0.1) is 5.69 Å². The molecule has 0 saturated heterocycles. The molecule has 0 saturated carbocycles. The zero-order chi connectivity index (χ0) is 16.4. The molecule has 0 unspecified atom stereocenters. The van der Waals surface area contributed by atoms with Crippen LogP contribution in [0.1, 0.15) is 0 Å². The highest BCUT2D eigenvalue weighted by Gasteiger charge is 2.14. The molecule has 0 aliphatic carbocycles. The Morgan fingerprint density at radius 3 is 2.04 bits per heavy atom. The summed E-state index contributed by atoms with van der Waals surface area (Å²) in [4.78, 5) is 0. The monoisotopic (exact) mass is 311 g/mol. The van der Waals surface area contributed by atoms with Crippen molar-refractivity contribution in [3.63, 3.8) is 0 Å². The topological polar surface area (TPSA) is 32.3 Å². The molecular formula is C22H17NO. The van der Waals surface area contributed by atoms with Crippen LogP contribution in [0, 0.1) is 0 Å². The van der Waals surface area contributed by atoms with Crippen LogP contribution in [-0.4, -0.2) is 5.11 Å². The molecular weight excluding hydrogens is 294 g/mol. The van der Waals surface area contributed by atoms with E-state index in [0.29, 0.717) is 0 Å². The van der Waals surface area contributed by atoms with Gasteiger partial charge in [0.25, 0.3) is 0 Å². The minimum absolute atomic E-state index is 0.267. The van der Waals surface area contributed by atoms with Gasteiger partial charge in [-0.2, -0.15) is 0 Å². The van der Waals surface area contributed by atoms with Gasteiger partial charge in [-0.1, -0.05) is 72.8 Å². The van der Waals surface area contributed by atoms with E-state index in [-0.39, 0.29) is 5.75 Å². The van der Waals surface area contributed by atoms with Crippen molar-refractivity contribution < 1.29 is 5.11 Å². The average molecular weight is 311 g/mol. The van der Waals surface area contributed by atoms with Gasteiger partial charge in [0.2, 0.25) is 0 Å². The standard InChI is InChI=1S/C22H17NO/c24-22-20(16-9-3-1-4-10-16)15-17-11-7-8-14-19(17)21(22)23-18-12-5-2-6-13-18/h1-15,23-24H. The number of phenolic OH excluding ortho intramolecular Hbond substituents is 1. The summed E-state index contributed by atoms with van der Waals surface area (Å²) in [5.74, 6) is 0.267. The molecule has 0 heterocycles. The maximum atomic E-state index is 10.9. The van der Waals surface area contributed by atoms with Gasteiger partial charge in [-0.3, -0.25) is 0 Å². The van der Waals surface area contributed by atoms with E-state index in [4.69, 9.17) is 0 Å². The van der Waals surface area contributed by atoms with Crippen LogP contribution in [0.25, 0.3) is 21.9 Å². The van der Waals surface area contributed by atoms with Gasteiger partial charge in [-0.15, -0.1) is 0 Å². The van der Waals surface area contributed by atoms with Crippen molar-refractivity contribution in [3.05, 3.63) is 91.0 Å². The van der Waals surface area contributed by atoms with Crippen LogP contribution in [0.3, 0.4) is 0 Å². The number of aromatic hydroxyl groups is 1. The summed E-state index contributed by atoms with van der Waals surface area (Å²) in [6, 6.07) is 30.0. The Morgan fingerprint density at radius 1 is 0.667 bits per heavy atom. The third-order valence-corrected chi connectivity index (χ3v) is 4.15. The highest BCUT2D eigenvalue weighted by molar-refractivity contribution is 6.03. The fraction of sp³-hybridized carbons (Fsp3) is 0. The maximum absolute atomic E-state index is 10.9. The van der Waals surface area contributed by atoms with Gasteiger partial charge < -0.3 is 10.4 Å². The van der Waals surface area contributed by atoms with Gasteiger partial charge in [-0.25, -0.2) is 0 Å². The molecule has 0 radical (unpaired) electrons. The minimum Gasteiger partial charge on any atom is -0.505 e. The van der Waals surface area contributed by atoms with Crippen LogP contribution >= 0.6 is 0 Å². The summed E-state index contributed by atoms with van der Waals surface area (Å²) in [7, 11) is 0. The van der Waals surface area contributed by atoms with Crippen LogP contribution in [0.4, 0.5) is 11.4 Å². The molecule has 0 aliphatic heterocycles. The summed E-state index contributed by atoms with van der Waals surface area (Å²) in [5, 5.41) is 16.4. The largest absolute Gasteiger partial charge is 0.505 e. The summed E-state index contributed by atoms with van der Waals surface area (Å²) in [6.07, 6.45) is 0. The number of anilines is 2. The van der Waals surface area contributed by atoms with Crippen LogP contribution in [0.15, 0.2) is 91.0 Å². The third-order valence-electron chi connectivity index (χ3n) is 4.15. The Balaban J connectivity index is 1.95. The lowest BCUT2D eigenvalue weighted by atomic mass is 9.98. The first-order chi connectivity index (χ1) is 11.8. The fourth-order valence-electron chi connectivity index (χ4n) is 2.97. The lowest BCUT2D eigenvalue weighted by Crippen LogP contribution is -1.94. The van der Waals surface area contributed by atoms with Gasteiger partial charge in [0, 0.05) is 16.6 Å². The van der Waals surface area contributed by atoms with Crippen molar-refractivity contribution in [3.8, 4) is 16.9 Å². The van der Waals surface area contributed by atoms with Crippen molar-refractivity contribution in [1.29, 1.82) is 0 Å². The predicted molar refractivity (Wildman–Crippen MR) is 101 cm³/mol. The maximum Gasteiger partial charge on any atom is 0.147 e. The molecule has 0 amide bonds. The molecule has 0 aromatic heterocycles. The second kappa shape index (κ2) is 6.09. The molecule has 0 aliphatic rings. The molecule has 2 heteroatoms. The van der Waals surface area contributed by atoms with Crippen LogP contribution in [0.2, 0.25) is 0 Å². The SMILES string of the molecule is Oc1c(-c2ccccc2)cc2ccccc2c1Nc1ccccc1. The minimum atomic E-state index is 0.267. The zero-order valence-corrected chi connectivity index (χ0v) is 13.1. The Kier molecular flexibility index (Phi) is 3.64. The van der Waals surface area contributed by atoms with Gasteiger partial charge >= 0.3 is 0 Å². The number of fused-ring (bicyclic) bond motifs is 1. The summed E-state index contributed by atoms with van der Waals surface area (Å²) >= 11 is 0. The normalized spacial score (nSPS) is 10.7. The first-order valence-corrected chi connectivity index (χ1v) is 7.95. The molecule has 0 spiro atoms. The van der Waals surface area contributed by atoms with E-state index in [2.05, 4.69) is 11.4 Å². The quantitative estimate of drug-likeness (QED) is 0.458. The molecule has 0 fully saturated rings. The number of phenols is 1. The third kappa shape index (κ3) is 2.59. The highest BCUT2D eigenvalue weighted by Crippen LogP contribution is 2.42. The van der Waals surface area contributed by atoms with E-state index >= 15 is 0 Å². The lowest BCUT2D eigenvalue weighted by molar-refractivity contribution is 0.480. The Morgan fingerprint density at radius 2 is 1.29 bits per heavy atom. The first kappa shape index (κ1) is 14.3. The van der Waals surface area contributed by atoms with E-state index in [1.807, 2.05) is 84.9 Å². The lowest BCUT2D eigenvalue weighted by Gasteiger charge is -2.16. The molecule has 0 bridgehead atoms. The molecule has 4 aromatic carbocycles. The van der Waals surface area contributed by atoms with Gasteiger partial charge in [-0.05, 0) is 29.1 Å². The summed E-state index contributed by atoms with van der Waals surface area (Å²) < 4.78 is 0. The van der Waals surface area contributed by atoms with E-state index in [9.17, 15) is 5.11 Å². The molecule has 4 aromatic rings. The average Bonchev–Trinajstić information content (AvgIpc) is 2.65. The fourth-order valence-corrected chi connectivity index (χ4v) is 2.97. The number of para-hydroxylation sites is 1. The molecule has 0 atom stereocenters. The summed E-state index contributed by atoms with van der Waals surface area (Å²) in [5.41, 5.74) is 3.51. The van der Waals surface area contributed by atoms with Crippen molar-refractivity contribution in [2.24, 2.45) is 0 Å². The number of benzene rings is 4. The molecule has 116 valence electrons. The Bertz CT molecular complexity index is 979. The van der Waals surface area contributed by atoms with Gasteiger partial charge in [0.15, 0.2) is 0 Å². The van der Waals surface area contributed by atoms with Crippen LogP contribution in [0.5, 0.6) is 5.75 Å². The molecule has 2 nitrogen and oxygen atoms in total. The molecule has 2 N–H and O–H groups in total. The number of rotatable bonds is 3. The van der Waals surface area contributed by atoms with E-state index < -0.39 is 0 Å². The zero-order valence-electron chi connectivity index (χ0n) is 13.1. The Hall–Kier alpha value is -3.26. The van der Waals surface area contributed by atoms with Crippen LogP contribution in [-0.2, 0) is 0 Å². The number of nitrogens with one attached hydrogen (secondary N) is 1. The van der Waals surface area contributed by atoms with E-state index in [1.54, 1.807) is 0 Å². The van der Waals surface area contributed by atoms with Crippen molar-refractivity contribution >= 4 is 22.1 Å². The second-order valence-electron chi connectivity index (χ2n) is 5.73. The molecule has 24 heavy (non-hydrogen) atoms. The smallest absolute Gasteiger partial charge is 0.147 e. The second-order valence-corrected chi connectivity index (χ2v) is 5.73. The first-order valence-electron chi connectivity index (χ1n) is 7.95. The molecule has 4 rings (SSSR count). The van der Waals surface area contributed by atoms with Crippen LogP contribution < -0.4 is 5.32 Å². The Labute approximate surface area is 141 Å². The van der Waals surface area contributed by atoms with Gasteiger partial charge in [0.1, 0.15) is 5.75 Å². The van der Waals surface area contributed by atoms with E-state index in [0.717, 1.165) is 33.3 Å². The summed E-state index contributed by atoms with van der Waals surface area (Å²) in [6.45, 7) is 0. The highest BCUT2D eigenvalue weighted by atomic mass is 16.3. The van der Waals surface area contributed by atoms with Crippen molar-refractivity contribution in [1.82, 2.24) is 0 Å². The number of hydrogen-bond acceptors (Lipinski definition) is 2. The van der Waals surface area contributed by atoms with Crippen molar-refractivity contribution in [2.45, 2.75) is 0 Å². The number of hydrogen-bond donors (Lipinski definition) is 2. The van der Waals surface area contributed by atoms with E-state index in [1.165, 1.54) is 0 Å².